The summed E-state index contributed by atoms with van der Waals surface area (Å²) < 4.78 is 15.3. The first kappa shape index (κ1) is 27.8. The molecule has 1 aliphatic heterocycles. The molecule has 1 aliphatic carbocycles. The Bertz CT molecular complexity index is 1670. The third kappa shape index (κ3) is 6.29. The monoisotopic (exact) mass is 565 g/mol. The maximum absolute atomic E-state index is 13.5. The number of aromatic nitrogens is 3. The molecule has 1 fully saturated rings. The van der Waals surface area contributed by atoms with Gasteiger partial charge in [-0.1, -0.05) is 50.3 Å². The normalized spacial score (nSPS) is 16.6. The van der Waals surface area contributed by atoms with E-state index in [9.17, 15) is 14.0 Å². The van der Waals surface area contributed by atoms with Crippen molar-refractivity contribution < 1.29 is 14.0 Å². The summed E-state index contributed by atoms with van der Waals surface area (Å²) in [6, 6.07) is 16.7. The molecule has 2 aromatic heterocycles. The topological polar surface area (TPSA) is 83.0 Å². The number of alkyl halides is 1. The average Bonchev–Trinajstić information content (AvgIpc) is 3.63. The van der Waals surface area contributed by atoms with Gasteiger partial charge in [0, 0.05) is 54.4 Å². The van der Waals surface area contributed by atoms with Crippen molar-refractivity contribution in [2.75, 3.05) is 13.1 Å². The van der Waals surface area contributed by atoms with Crippen LogP contribution in [0.15, 0.2) is 78.8 Å². The Morgan fingerprint density at radius 3 is 2.60 bits per heavy atom. The number of halogens is 1. The molecule has 2 aromatic carbocycles. The van der Waals surface area contributed by atoms with Crippen LogP contribution in [0.5, 0.6) is 0 Å². The second-order valence-electron chi connectivity index (χ2n) is 11.7. The van der Waals surface area contributed by atoms with E-state index in [1.807, 2.05) is 12.1 Å². The van der Waals surface area contributed by atoms with E-state index < -0.39 is 6.17 Å². The van der Waals surface area contributed by atoms with Crippen LogP contribution in [0.2, 0.25) is 0 Å². The van der Waals surface area contributed by atoms with Crippen molar-refractivity contribution >= 4 is 28.2 Å². The minimum absolute atomic E-state index is 0.00910. The zero-order valence-electron chi connectivity index (χ0n) is 24.1. The van der Waals surface area contributed by atoms with E-state index in [0.717, 1.165) is 47.4 Å². The number of hydrogen-bond acceptors (Lipinski definition) is 4. The van der Waals surface area contributed by atoms with Gasteiger partial charge in [0.25, 0.3) is 5.91 Å². The molecule has 0 radical (unpaired) electrons. The lowest BCUT2D eigenvalue weighted by Gasteiger charge is -2.28. The lowest BCUT2D eigenvalue weighted by Crippen LogP contribution is -2.33. The highest BCUT2D eigenvalue weighted by Crippen LogP contribution is 2.27. The van der Waals surface area contributed by atoms with E-state index in [1.54, 1.807) is 29.2 Å². The molecule has 42 heavy (non-hydrogen) atoms. The van der Waals surface area contributed by atoms with Gasteiger partial charge in [0.15, 0.2) is 5.78 Å². The Morgan fingerprint density at radius 2 is 1.83 bits per heavy atom. The Hall–Kier alpha value is -4.30. The molecule has 3 heterocycles. The highest BCUT2D eigenvalue weighted by Gasteiger charge is 2.21. The van der Waals surface area contributed by atoms with Gasteiger partial charge >= 0.3 is 0 Å². The maximum atomic E-state index is 13.5. The summed E-state index contributed by atoms with van der Waals surface area (Å²) >= 11 is 0. The van der Waals surface area contributed by atoms with Gasteiger partial charge in [-0.2, -0.15) is 5.10 Å². The fourth-order valence-electron chi connectivity index (χ4n) is 5.63. The van der Waals surface area contributed by atoms with Crippen LogP contribution in [0.3, 0.4) is 0 Å². The molecule has 0 atom stereocenters. The molecule has 7 nitrogen and oxygen atoms in total. The van der Waals surface area contributed by atoms with Gasteiger partial charge in [0.05, 0.1) is 24.0 Å². The van der Waals surface area contributed by atoms with Crippen molar-refractivity contribution in [3.63, 3.8) is 0 Å². The van der Waals surface area contributed by atoms with Crippen molar-refractivity contribution in [1.82, 2.24) is 25.0 Å². The van der Waals surface area contributed by atoms with E-state index in [4.69, 9.17) is 0 Å². The van der Waals surface area contributed by atoms with E-state index in [0.29, 0.717) is 42.1 Å². The van der Waals surface area contributed by atoms with Crippen molar-refractivity contribution in [1.29, 1.82) is 0 Å². The smallest absolute Gasteiger partial charge is 0.258 e. The third-order valence-corrected chi connectivity index (χ3v) is 8.15. The molecule has 2 aliphatic rings. The molecule has 1 amide bonds. The van der Waals surface area contributed by atoms with Gasteiger partial charge in [0.2, 0.25) is 0 Å². The zero-order chi connectivity index (χ0) is 29.2. The number of allylic oxidation sites excluding steroid dienone is 3. The van der Waals surface area contributed by atoms with Gasteiger partial charge in [0.1, 0.15) is 6.17 Å². The van der Waals surface area contributed by atoms with Gasteiger partial charge in [-0.15, -0.1) is 0 Å². The number of likely N-dealkylation sites (tertiary alicyclic amines) is 1. The first-order valence-corrected chi connectivity index (χ1v) is 14.7. The number of piperidine rings is 1. The summed E-state index contributed by atoms with van der Waals surface area (Å²) in [6.07, 6.45) is 7.48. The molecule has 4 aromatic rings. The molecule has 216 valence electrons. The first-order valence-electron chi connectivity index (χ1n) is 14.7. The van der Waals surface area contributed by atoms with Gasteiger partial charge < -0.3 is 10.3 Å². The zero-order valence-corrected chi connectivity index (χ0v) is 24.1. The van der Waals surface area contributed by atoms with Crippen LogP contribution in [0, 0.1) is 0 Å². The number of nitrogens with zero attached hydrogens (tertiary/aromatic N) is 3. The number of nitrogens with one attached hydrogen (secondary N) is 2. The molecule has 0 bridgehead atoms. The van der Waals surface area contributed by atoms with E-state index in [2.05, 4.69) is 70.5 Å². The predicted octanol–water partition coefficient (Wildman–Crippen LogP) is 6.14. The fraction of sp³-hybridized carbons (Fsp3) is 0.324. The predicted molar refractivity (Wildman–Crippen MR) is 163 cm³/mol. The molecule has 2 N–H and O–H groups in total. The number of ketones is 1. The SMILES string of the molecule is CC(C)c1ccc(Cn2cc(C(=O)NC3=CCC(=O)C(c4cc5cc(CN6CCC(F)CC6)ccc5[nH]4)=C3)cn2)cc1. The summed E-state index contributed by atoms with van der Waals surface area (Å²) in [7, 11) is 0. The minimum atomic E-state index is -0.684. The number of carbonyl (C=O) groups is 2. The summed E-state index contributed by atoms with van der Waals surface area (Å²) in [6.45, 7) is 7.23. The van der Waals surface area contributed by atoms with Gasteiger partial charge in [-0.25, -0.2) is 4.39 Å². The number of aromatic amines is 1. The summed E-state index contributed by atoms with van der Waals surface area (Å²) in [5.74, 6) is 0.195. The summed E-state index contributed by atoms with van der Waals surface area (Å²) in [5, 5.41) is 8.33. The molecular formula is C34H36FN5O2. The summed E-state index contributed by atoms with van der Waals surface area (Å²) in [5.41, 5.74) is 6.80. The molecule has 8 heteroatoms. The number of fused-ring (bicyclic) bond motifs is 1. The molecule has 6 rings (SSSR count). The second kappa shape index (κ2) is 11.9. The van der Waals surface area contributed by atoms with Gasteiger partial charge in [-0.05, 0) is 59.7 Å². The number of rotatable bonds is 8. The second-order valence-corrected chi connectivity index (χ2v) is 11.7. The Balaban J connectivity index is 1.12. The third-order valence-electron chi connectivity index (χ3n) is 8.15. The van der Waals surface area contributed by atoms with Crippen molar-refractivity contribution in [2.24, 2.45) is 0 Å². The molecule has 0 spiro atoms. The molecule has 1 saturated heterocycles. The van der Waals surface area contributed by atoms with Crippen LogP contribution in [-0.4, -0.2) is 50.6 Å². The van der Waals surface area contributed by atoms with Crippen molar-refractivity contribution in [2.45, 2.75) is 58.3 Å². The first-order chi connectivity index (χ1) is 20.3. The number of amides is 1. The summed E-state index contributed by atoms with van der Waals surface area (Å²) in [4.78, 5) is 31.6. The van der Waals surface area contributed by atoms with Crippen molar-refractivity contribution in [3.8, 4) is 0 Å². The standard InChI is InChI=1S/C34H36FN5O2/c1-22(2)25-6-3-23(4-7-25)20-40-21-27(18-36-40)34(42)37-29-8-10-33(41)30(17-29)32-16-26-15-24(5-9-31(26)38-32)19-39-13-11-28(35)12-14-39/h3-9,15-18,21-22,28,38H,10-14,19-20H2,1-2H3,(H,37,42). The molecular weight excluding hydrogens is 529 g/mol. The number of hydrogen-bond donors (Lipinski definition) is 2. The van der Waals surface area contributed by atoms with E-state index in [1.165, 1.54) is 5.56 Å². The lowest BCUT2D eigenvalue weighted by molar-refractivity contribution is -0.113. The number of carbonyl (C=O) groups excluding carboxylic acids is 2. The van der Waals surface area contributed by atoms with Crippen LogP contribution >= 0.6 is 0 Å². The quantitative estimate of drug-likeness (QED) is 0.269. The molecule has 0 unspecified atom stereocenters. The highest BCUT2D eigenvalue weighted by atomic mass is 19.1. The van der Waals surface area contributed by atoms with Crippen LogP contribution in [0.4, 0.5) is 4.39 Å². The Kier molecular flexibility index (Phi) is 7.89. The molecule has 0 saturated carbocycles. The highest BCUT2D eigenvalue weighted by molar-refractivity contribution is 6.23. The minimum Gasteiger partial charge on any atom is -0.354 e. The largest absolute Gasteiger partial charge is 0.354 e. The fourth-order valence-corrected chi connectivity index (χ4v) is 5.63. The van der Waals surface area contributed by atoms with E-state index >= 15 is 0 Å². The van der Waals surface area contributed by atoms with Crippen LogP contribution in [-0.2, 0) is 17.9 Å². The van der Waals surface area contributed by atoms with Gasteiger partial charge in [-0.3, -0.25) is 19.2 Å². The Morgan fingerprint density at radius 1 is 1.07 bits per heavy atom. The average molecular weight is 566 g/mol. The lowest BCUT2D eigenvalue weighted by atomic mass is 9.98. The maximum Gasteiger partial charge on any atom is 0.258 e. The van der Waals surface area contributed by atoms with Crippen LogP contribution < -0.4 is 5.32 Å². The van der Waals surface area contributed by atoms with Crippen LogP contribution in [0.25, 0.3) is 16.5 Å². The van der Waals surface area contributed by atoms with Crippen molar-refractivity contribution in [3.05, 3.63) is 107 Å². The van der Waals surface area contributed by atoms with Crippen LogP contribution in [0.1, 0.15) is 71.8 Å². The Labute approximate surface area is 245 Å². The number of H-pyrrole nitrogens is 1. The van der Waals surface area contributed by atoms with E-state index in [-0.39, 0.29) is 18.1 Å². The number of benzene rings is 2. The number of Topliss-reactive ketones (excluding diaryl/α,β-unsaturated/α-hetero) is 1.